The largest absolute Gasteiger partial charge is 0.351 e. The summed E-state index contributed by atoms with van der Waals surface area (Å²) >= 11 is 1.67. The standard InChI is InChI=1S/C19H27N3OS/c1-5-20-18(23)12-22(6-2)11-17-13-24-19(21-17)16-9-7-15(8-10-16)14(3)4/h7-10,13-14H,5-6,11-12H2,1-4H3,(H,20,23)/p+1. The Balaban J connectivity index is 2.02. The van der Waals surface area contributed by atoms with Crippen LogP contribution in [0.2, 0.25) is 0 Å². The first-order valence-corrected chi connectivity index (χ1v) is 9.56. The molecular weight excluding hydrogens is 318 g/mol. The monoisotopic (exact) mass is 346 g/mol. The molecule has 1 atom stereocenters. The lowest BCUT2D eigenvalue weighted by atomic mass is 10.0. The first kappa shape index (κ1) is 18.6. The highest BCUT2D eigenvalue weighted by atomic mass is 32.1. The summed E-state index contributed by atoms with van der Waals surface area (Å²) in [4.78, 5) is 17.8. The molecule has 2 aromatic rings. The second-order valence-electron chi connectivity index (χ2n) is 6.33. The zero-order chi connectivity index (χ0) is 17.5. The molecule has 4 nitrogen and oxygen atoms in total. The molecule has 0 aliphatic rings. The van der Waals surface area contributed by atoms with E-state index < -0.39 is 0 Å². The van der Waals surface area contributed by atoms with E-state index in [-0.39, 0.29) is 5.91 Å². The Bertz CT molecular complexity index is 649. The first-order valence-electron chi connectivity index (χ1n) is 8.68. The fourth-order valence-electron chi connectivity index (χ4n) is 2.59. The Kier molecular flexibility index (Phi) is 6.94. The lowest BCUT2D eigenvalue weighted by molar-refractivity contribution is -0.904. The van der Waals surface area contributed by atoms with Gasteiger partial charge < -0.3 is 10.2 Å². The molecule has 24 heavy (non-hydrogen) atoms. The van der Waals surface area contributed by atoms with E-state index in [1.807, 2.05) is 6.92 Å². The van der Waals surface area contributed by atoms with Crippen molar-refractivity contribution in [2.75, 3.05) is 19.6 Å². The molecule has 0 saturated carbocycles. The molecule has 2 N–H and O–H groups in total. The second kappa shape index (κ2) is 8.94. The van der Waals surface area contributed by atoms with E-state index in [4.69, 9.17) is 4.98 Å². The average Bonchev–Trinajstić information content (AvgIpc) is 3.03. The number of likely N-dealkylation sites (N-methyl/N-ethyl adjacent to an activating group) is 2. The van der Waals surface area contributed by atoms with Crippen molar-refractivity contribution in [1.82, 2.24) is 10.3 Å². The Hall–Kier alpha value is -1.72. The number of quaternary nitrogens is 1. The lowest BCUT2D eigenvalue weighted by Gasteiger charge is -2.15. The van der Waals surface area contributed by atoms with Gasteiger partial charge in [-0.25, -0.2) is 4.98 Å². The van der Waals surface area contributed by atoms with Gasteiger partial charge in [-0.1, -0.05) is 38.1 Å². The molecule has 0 fully saturated rings. The number of carbonyl (C=O) groups excluding carboxylic acids is 1. The van der Waals surface area contributed by atoms with Crippen LogP contribution in [0, 0.1) is 0 Å². The van der Waals surface area contributed by atoms with Gasteiger partial charge >= 0.3 is 0 Å². The minimum absolute atomic E-state index is 0.106. The van der Waals surface area contributed by atoms with Crippen LogP contribution < -0.4 is 10.2 Å². The summed E-state index contributed by atoms with van der Waals surface area (Å²) in [5, 5.41) is 6.02. The van der Waals surface area contributed by atoms with Crippen molar-refractivity contribution in [2.24, 2.45) is 0 Å². The van der Waals surface area contributed by atoms with E-state index in [0.29, 0.717) is 19.0 Å². The van der Waals surface area contributed by atoms with Crippen LogP contribution >= 0.6 is 11.3 Å². The zero-order valence-electron chi connectivity index (χ0n) is 15.1. The van der Waals surface area contributed by atoms with Gasteiger partial charge in [0.1, 0.15) is 17.2 Å². The second-order valence-corrected chi connectivity index (χ2v) is 7.19. The molecule has 1 heterocycles. The highest BCUT2D eigenvalue weighted by molar-refractivity contribution is 7.13. The average molecular weight is 347 g/mol. The van der Waals surface area contributed by atoms with Gasteiger partial charge in [0.05, 0.1) is 6.54 Å². The van der Waals surface area contributed by atoms with Crippen LogP contribution in [0.25, 0.3) is 10.6 Å². The molecule has 0 aliphatic heterocycles. The van der Waals surface area contributed by atoms with Gasteiger partial charge in [-0.05, 0) is 25.3 Å². The summed E-state index contributed by atoms with van der Waals surface area (Å²) in [7, 11) is 0. The molecule has 0 spiro atoms. The van der Waals surface area contributed by atoms with Gasteiger partial charge in [-0.2, -0.15) is 0 Å². The summed E-state index contributed by atoms with van der Waals surface area (Å²) in [6.45, 7) is 11.3. The summed E-state index contributed by atoms with van der Waals surface area (Å²) in [6.07, 6.45) is 0. The smallest absolute Gasteiger partial charge is 0.275 e. The van der Waals surface area contributed by atoms with E-state index in [0.717, 1.165) is 29.4 Å². The fourth-order valence-corrected chi connectivity index (χ4v) is 3.41. The third kappa shape index (κ3) is 5.14. The summed E-state index contributed by atoms with van der Waals surface area (Å²) in [5.41, 5.74) is 3.57. The van der Waals surface area contributed by atoms with Crippen molar-refractivity contribution in [3.63, 3.8) is 0 Å². The Morgan fingerprint density at radius 2 is 1.96 bits per heavy atom. The van der Waals surface area contributed by atoms with Crippen LogP contribution in [0.3, 0.4) is 0 Å². The molecule has 0 aliphatic carbocycles. The number of amides is 1. The van der Waals surface area contributed by atoms with Crippen molar-refractivity contribution < 1.29 is 9.69 Å². The van der Waals surface area contributed by atoms with E-state index in [2.05, 4.69) is 55.7 Å². The minimum Gasteiger partial charge on any atom is -0.351 e. The number of aromatic nitrogens is 1. The Morgan fingerprint density at radius 3 is 2.54 bits per heavy atom. The van der Waals surface area contributed by atoms with E-state index >= 15 is 0 Å². The molecule has 130 valence electrons. The van der Waals surface area contributed by atoms with Gasteiger partial charge in [-0.15, -0.1) is 11.3 Å². The predicted octanol–water partition coefficient (Wildman–Crippen LogP) is 2.47. The normalized spacial score (nSPS) is 12.4. The first-order chi connectivity index (χ1) is 11.5. The summed E-state index contributed by atoms with van der Waals surface area (Å²) in [6, 6.07) is 8.66. The van der Waals surface area contributed by atoms with Crippen molar-refractivity contribution in [1.29, 1.82) is 0 Å². The molecule has 0 saturated heterocycles. The third-order valence-electron chi connectivity index (χ3n) is 4.09. The maximum atomic E-state index is 11.8. The van der Waals surface area contributed by atoms with Crippen LogP contribution in [-0.4, -0.2) is 30.5 Å². The Labute approximate surface area is 148 Å². The molecule has 1 unspecified atom stereocenters. The number of carbonyl (C=O) groups is 1. The van der Waals surface area contributed by atoms with Crippen LogP contribution in [0.1, 0.15) is 44.9 Å². The lowest BCUT2D eigenvalue weighted by Crippen LogP contribution is -3.11. The highest BCUT2D eigenvalue weighted by Gasteiger charge is 2.15. The molecule has 0 bridgehead atoms. The SMILES string of the molecule is CCNC(=O)C[NH+](CC)Cc1csc(-c2ccc(C(C)C)cc2)n1. The van der Waals surface area contributed by atoms with Gasteiger partial charge in [0, 0.05) is 17.5 Å². The molecular formula is C19H28N3OS+. The molecule has 2 rings (SSSR count). The minimum atomic E-state index is 0.106. The van der Waals surface area contributed by atoms with Gasteiger partial charge in [0.2, 0.25) is 0 Å². The maximum absolute atomic E-state index is 11.8. The number of hydrogen-bond donors (Lipinski definition) is 2. The van der Waals surface area contributed by atoms with Crippen molar-refractivity contribution in [2.45, 2.75) is 40.2 Å². The van der Waals surface area contributed by atoms with E-state index in [1.165, 1.54) is 10.5 Å². The summed E-state index contributed by atoms with van der Waals surface area (Å²) < 4.78 is 0. The van der Waals surface area contributed by atoms with E-state index in [9.17, 15) is 4.79 Å². The number of nitrogens with zero attached hydrogens (tertiary/aromatic N) is 1. The number of rotatable bonds is 8. The number of benzene rings is 1. The molecule has 0 radical (unpaired) electrons. The highest BCUT2D eigenvalue weighted by Crippen LogP contribution is 2.25. The quantitative estimate of drug-likeness (QED) is 0.771. The van der Waals surface area contributed by atoms with E-state index in [1.54, 1.807) is 11.3 Å². The molecule has 5 heteroatoms. The van der Waals surface area contributed by atoms with Crippen LogP contribution in [0.5, 0.6) is 0 Å². The number of nitrogens with one attached hydrogen (secondary N) is 2. The third-order valence-corrected chi connectivity index (χ3v) is 5.03. The van der Waals surface area contributed by atoms with Crippen LogP contribution in [-0.2, 0) is 11.3 Å². The Morgan fingerprint density at radius 1 is 1.25 bits per heavy atom. The van der Waals surface area contributed by atoms with Crippen LogP contribution in [0.4, 0.5) is 0 Å². The molecule has 1 aromatic heterocycles. The predicted molar refractivity (Wildman–Crippen MR) is 100 cm³/mol. The van der Waals surface area contributed by atoms with Gasteiger partial charge in [-0.3, -0.25) is 4.79 Å². The molecule has 1 amide bonds. The topological polar surface area (TPSA) is 46.4 Å². The maximum Gasteiger partial charge on any atom is 0.275 e. The van der Waals surface area contributed by atoms with Crippen molar-refractivity contribution >= 4 is 17.2 Å². The van der Waals surface area contributed by atoms with Gasteiger partial charge in [0.25, 0.3) is 5.91 Å². The van der Waals surface area contributed by atoms with Crippen molar-refractivity contribution in [3.05, 3.63) is 40.9 Å². The number of hydrogen-bond acceptors (Lipinski definition) is 3. The summed E-state index contributed by atoms with van der Waals surface area (Å²) in [5.74, 6) is 0.649. The zero-order valence-corrected chi connectivity index (χ0v) is 15.9. The fraction of sp³-hybridized carbons (Fsp3) is 0.474. The van der Waals surface area contributed by atoms with Crippen LogP contribution in [0.15, 0.2) is 29.6 Å². The van der Waals surface area contributed by atoms with Gasteiger partial charge in [0.15, 0.2) is 6.54 Å². The number of thiazole rings is 1. The molecule has 1 aromatic carbocycles. The van der Waals surface area contributed by atoms with Crippen molar-refractivity contribution in [3.8, 4) is 10.6 Å².